The average molecular weight is 289 g/mol. The van der Waals surface area contributed by atoms with Crippen LogP contribution in [0.15, 0.2) is 30.3 Å². The van der Waals surface area contributed by atoms with Crippen molar-refractivity contribution in [1.82, 2.24) is 5.32 Å². The third-order valence-corrected chi connectivity index (χ3v) is 4.45. The topological polar surface area (TPSA) is 21.3 Å². The van der Waals surface area contributed by atoms with Gasteiger partial charge >= 0.3 is 0 Å². The standard InChI is InChI=1S/C19H31NO/c1-2-3-14-19(17-10-6-4-7-11-17)20-15-16-21-18-12-8-5-9-13-18/h4,6-7,10-11,18-20H,2-3,5,8-9,12-16H2,1H3. The second-order valence-corrected chi connectivity index (χ2v) is 6.19. The summed E-state index contributed by atoms with van der Waals surface area (Å²) in [5, 5.41) is 3.69. The van der Waals surface area contributed by atoms with E-state index in [1.54, 1.807) is 0 Å². The van der Waals surface area contributed by atoms with Gasteiger partial charge in [-0.05, 0) is 24.8 Å². The number of hydrogen-bond acceptors (Lipinski definition) is 2. The molecule has 0 aliphatic heterocycles. The van der Waals surface area contributed by atoms with E-state index in [0.29, 0.717) is 12.1 Å². The van der Waals surface area contributed by atoms with Crippen LogP contribution < -0.4 is 5.32 Å². The predicted octanol–water partition coefficient (Wildman–Crippen LogP) is 4.86. The zero-order chi connectivity index (χ0) is 14.8. The van der Waals surface area contributed by atoms with Crippen molar-refractivity contribution in [3.8, 4) is 0 Å². The Morgan fingerprint density at radius 1 is 1.14 bits per heavy atom. The predicted molar refractivity (Wildman–Crippen MR) is 89.5 cm³/mol. The van der Waals surface area contributed by atoms with Crippen molar-refractivity contribution in [3.05, 3.63) is 35.9 Å². The molecular formula is C19H31NO. The Kier molecular flexibility index (Phi) is 7.83. The van der Waals surface area contributed by atoms with Gasteiger partial charge in [0.2, 0.25) is 0 Å². The summed E-state index contributed by atoms with van der Waals surface area (Å²) in [6.07, 6.45) is 10.9. The van der Waals surface area contributed by atoms with E-state index in [9.17, 15) is 0 Å². The van der Waals surface area contributed by atoms with Gasteiger partial charge in [-0.3, -0.25) is 0 Å². The first-order valence-corrected chi connectivity index (χ1v) is 8.80. The second-order valence-electron chi connectivity index (χ2n) is 6.19. The summed E-state index contributed by atoms with van der Waals surface area (Å²) in [7, 11) is 0. The van der Waals surface area contributed by atoms with Crippen molar-refractivity contribution >= 4 is 0 Å². The maximum atomic E-state index is 6.01. The van der Waals surface area contributed by atoms with Gasteiger partial charge in [0, 0.05) is 12.6 Å². The minimum Gasteiger partial charge on any atom is -0.377 e. The number of benzene rings is 1. The number of nitrogens with one attached hydrogen (secondary N) is 1. The van der Waals surface area contributed by atoms with E-state index in [1.807, 2.05) is 0 Å². The summed E-state index contributed by atoms with van der Waals surface area (Å²) >= 11 is 0. The summed E-state index contributed by atoms with van der Waals surface area (Å²) in [5.74, 6) is 0. The van der Waals surface area contributed by atoms with Crippen LogP contribution in [0.5, 0.6) is 0 Å². The third kappa shape index (κ3) is 6.19. The zero-order valence-corrected chi connectivity index (χ0v) is 13.5. The minimum atomic E-state index is 0.473. The Labute approximate surface area is 130 Å². The Bertz CT molecular complexity index is 359. The Morgan fingerprint density at radius 2 is 1.90 bits per heavy atom. The van der Waals surface area contributed by atoms with Crippen molar-refractivity contribution in [2.45, 2.75) is 70.4 Å². The van der Waals surface area contributed by atoms with Gasteiger partial charge in [0.1, 0.15) is 0 Å². The van der Waals surface area contributed by atoms with Crippen LogP contribution in [0, 0.1) is 0 Å². The van der Waals surface area contributed by atoms with Gasteiger partial charge in [0.05, 0.1) is 12.7 Å². The smallest absolute Gasteiger partial charge is 0.0594 e. The fourth-order valence-electron chi connectivity index (χ4n) is 3.17. The summed E-state index contributed by atoms with van der Waals surface area (Å²) in [6.45, 7) is 4.06. The molecule has 2 heteroatoms. The molecule has 0 heterocycles. The van der Waals surface area contributed by atoms with Crippen molar-refractivity contribution < 1.29 is 4.74 Å². The van der Waals surface area contributed by atoms with E-state index in [2.05, 4.69) is 42.6 Å². The number of hydrogen-bond donors (Lipinski definition) is 1. The molecule has 1 aliphatic carbocycles. The van der Waals surface area contributed by atoms with Gasteiger partial charge in [0.15, 0.2) is 0 Å². The molecule has 1 aliphatic rings. The number of rotatable bonds is 9. The Morgan fingerprint density at radius 3 is 2.62 bits per heavy atom. The minimum absolute atomic E-state index is 0.473. The fraction of sp³-hybridized carbons (Fsp3) is 0.684. The molecule has 1 saturated carbocycles. The lowest BCUT2D eigenvalue weighted by atomic mass is 9.98. The molecule has 0 spiro atoms. The lowest BCUT2D eigenvalue weighted by molar-refractivity contribution is 0.0292. The van der Waals surface area contributed by atoms with Crippen LogP contribution in [0.4, 0.5) is 0 Å². The van der Waals surface area contributed by atoms with Crippen LogP contribution in [0.1, 0.15) is 69.9 Å². The maximum Gasteiger partial charge on any atom is 0.0594 e. The zero-order valence-electron chi connectivity index (χ0n) is 13.5. The molecule has 0 radical (unpaired) electrons. The molecule has 1 atom stereocenters. The van der Waals surface area contributed by atoms with E-state index < -0.39 is 0 Å². The molecule has 1 fully saturated rings. The monoisotopic (exact) mass is 289 g/mol. The molecule has 21 heavy (non-hydrogen) atoms. The van der Waals surface area contributed by atoms with E-state index in [-0.39, 0.29) is 0 Å². The lowest BCUT2D eigenvalue weighted by Crippen LogP contribution is -2.28. The molecule has 118 valence electrons. The SMILES string of the molecule is CCCCC(NCCOC1CCCCC1)c1ccccc1. The first kappa shape index (κ1) is 16.5. The maximum absolute atomic E-state index is 6.01. The molecule has 2 rings (SSSR count). The molecule has 0 amide bonds. The average Bonchev–Trinajstić information content (AvgIpc) is 2.56. The van der Waals surface area contributed by atoms with Crippen molar-refractivity contribution in [2.24, 2.45) is 0 Å². The molecule has 0 saturated heterocycles. The highest BCUT2D eigenvalue weighted by Crippen LogP contribution is 2.21. The quantitative estimate of drug-likeness (QED) is 0.656. The first-order chi connectivity index (χ1) is 10.4. The summed E-state index contributed by atoms with van der Waals surface area (Å²) in [5.41, 5.74) is 1.41. The van der Waals surface area contributed by atoms with Crippen LogP contribution in [0.2, 0.25) is 0 Å². The molecule has 1 N–H and O–H groups in total. The van der Waals surface area contributed by atoms with Gasteiger partial charge in [-0.15, -0.1) is 0 Å². The van der Waals surface area contributed by atoms with Crippen LogP contribution in [-0.2, 0) is 4.74 Å². The van der Waals surface area contributed by atoms with E-state index in [0.717, 1.165) is 13.2 Å². The molecule has 2 nitrogen and oxygen atoms in total. The molecule has 1 aromatic rings. The van der Waals surface area contributed by atoms with Gasteiger partial charge in [0.25, 0.3) is 0 Å². The molecular weight excluding hydrogens is 258 g/mol. The van der Waals surface area contributed by atoms with Gasteiger partial charge in [-0.2, -0.15) is 0 Å². The van der Waals surface area contributed by atoms with Crippen LogP contribution in [0.25, 0.3) is 0 Å². The fourth-order valence-corrected chi connectivity index (χ4v) is 3.17. The normalized spacial score (nSPS) is 17.8. The van der Waals surface area contributed by atoms with E-state index in [4.69, 9.17) is 4.74 Å². The summed E-state index contributed by atoms with van der Waals surface area (Å²) in [6, 6.07) is 11.3. The Balaban J connectivity index is 1.71. The van der Waals surface area contributed by atoms with Crippen LogP contribution in [-0.4, -0.2) is 19.3 Å². The number of unbranched alkanes of at least 4 members (excludes halogenated alkanes) is 1. The first-order valence-electron chi connectivity index (χ1n) is 8.80. The highest BCUT2D eigenvalue weighted by Gasteiger charge is 2.14. The van der Waals surface area contributed by atoms with Crippen molar-refractivity contribution in [1.29, 1.82) is 0 Å². The van der Waals surface area contributed by atoms with Gasteiger partial charge in [-0.1, -0.05) is 69.4 Å². The van der Waals surface area contributed by atoms with Crippen LogP contribution in [0.3, 0.4) is 0 Å². The van der Waals surface area contributed by atoms with Crippen molar-refractivity contribution in [2.75, 3.05) is 13.2 Å². The number of ether oxygens (including phenoxy) is 1. The Hall–Kier alpha value is -0.860. The second kappa shape index (κ2) is 9.97. The molecule has 1 unspecified atom stereocenters. The van der Waals surface area contributed by atoms with Crippen molar-refractivity contribution in [3.63, 3.8) is 0 Å². The molecule has 0 bridgehead atoms. The van der Waals surface area contributed by atoms with Gasteiger partial charge in [-0.25, -0.2) is 0 Å². The van der Waals surface area contributed by atoms with Crippen LogP contribution >= 0.6 is 0 Å². The summed E-state index contributed by atoms with van der Waals surface area (Å²) < 4.78 is 6.01. The lowest BCUT2D eigenvalue weighted by Gasteiger charge is -2.23. The largest absolute Gasteiger partial charge is 0.377 e. The third-order valence-electron chi connectivity index (χ3n) is 4.45. The highest BCUT2D eigenvalue weighted by molar-refractivity contribution is 5.18. The van der Waals surface area contributed by atoms with E-state index >= 15 is 0 Å². The molecule has 1 aromatic carbocycles. The van der Waals surface area contributed by atoms with E-state index in [1.165, 1.54) is 56.9 Å². The van der Waals surface area contributed by atoms with Gasteiger partial charge < -0.3 is 10.1 Å². The molecule has 0 aromatic heterocycles. The summed E-state index contributed by atoms with van der Waals surface area (Å²) in [4.78, 5) is 0. The highest BCUT2D eigenvalue weighted by atomic mass is 16.5.